The maximum absolute atomic E-state index is 11.6. The fourth-order valence-corrected chi connectivity index (χ4v) is 3.99. The van der Waals surface area contributed by atoms with E-state index < -0.39 is 0 Å². The predicted octanol–water partition coefficient (Wildman–Crippen LogP) is 5.21. The molecule has 26 heavy (non-hydrogen) atoms. The number of nitro benzene ring substituents is 1. The molecule has 0 bridgehead atoms. The fourth-order valence-electron chi connectivity index (χ4n) is 2.95. The van der Waals surface area contributed by atoms with E-state index in [9.17, 15) is 10.1 Å². The van der Waals surface area contributed by atoms with E-state index in [4.69, 9.17) is 5.73 Å². The Morgan fingerprint density at radius 1 is 1.12 bits per heavy atom. The highest BCUT2D eigenvalue weighted by Crippen LogP contribution is 2.49. The Labute approximate surface area is 160 Å². The maximum atomic E-state index is 11.6. The van der Waals surface area contributed by atoms with Gasteiger partial charge in [0, 0.05) is 10.9 Å². The van der Waals surface area contributed by atoms with E-state index >= 15 is 0 Å². The molecule has 0 radical (unpaired) electrons. The van der Waals surface area contributed by atoms with Crippen LogP contribution in [0.25, 0.3) is 0 Å². The smallest absolute Gasteiger partial charge is 0.293 e. The summed E-state index contributed by atoms with van der Waals surface area (Å²) in [7, 11) is 0. The van der Waals surface area contributed by atoms with Crippen molar-refractivity contribution in [2.75, 3.05) is 4.90 Å². The number of benzene rings is 2. The van der Waals surface area contributed by atoms with Crippen LogP contribution in [0.15, 0.2) is 59.6 Å². The van der Waals surface area contributed by atoms with Crippen molar-refractivity contribution in [3.8, 4) is 0 Å². The minimum Gasteiger partial charge on any atom is -0.383 e. The van der Waals surface area contributed by atoms with Gasteiger partial charge in [0.05, 0.1) is 21.9 Å². The number of nitrogens with zero attached hydrogens (tertiary/aromatic N) is 3. The van der Waals surface area contributed by atoms with Crippen LogP contribution in [-0.4, -0.2) is 10.8 Å². The summed E-state index contributed by atoms with van der Waals surface area (Å²) in [5, 5.41) is 12.4. The first-order valence-corrected chi connectivity index (χ1v) is 8.45. The Hall–Kier alpha value is -2.90. The molecule has 0 saturated carbocycles. The van der Waals surface area contributed by atoms with Crippen LogP contribution in [-0.2, 0) is 0 Å². The van der Waals surface area contributed by atoms with Crippen molar-refractivity contribution in [1.29, 1.82) is 0 Å². The van der Waals surface area contributed by atoms with E-state index in [1.807, 2.05) is 42.2 Å². The number of thiophene rings is 1. The molecule has 8 heteroatoms. The van der Waals surface area contributed by atoms with Crippen LogP contribution < -0.4 is 10.6 Å². The normalized spacial score (nSPS) is 12.3. The molecule has 0 spiro atoms. The van der Waals surface area contributed by atoms with Crippen LogP contribution in [0.1, 0.15) is 10.4 Å². The summed E-state index contributed by atoms with van der Waals surface area (Å²) in [6.45, 7) is 1.98. The van der Waals surface area contributed by atoms with E-state index in [0.29, 0.717) is 17.2 Å². The van der Waals surface area contributed by atoms with Crippen LogP contribution >= 0.6 is 23.7 Å². The third-order valence-electron chi connectivity index (χ3n) is 4.00. The molecular formula is C18H15ClN4O2S. The van der Waals surface area contributed by atoms with Crippen LogP contribution in [0, 0.1) is 17.0 Å². The number of anilines is 3. The third-order valence-corrected chi connectivity index (χ3v) is 5.03. The van der Waals surface area contributed by atoms with Crippen LogP contribution in [0.4, 0.5) is 27.8 Å². The summed E-state index contributed by atoms with van der Waals surface area (Å²) < 4.78 is 0. The first-order valence-electron chi connectivity index (χ1n) is 7.64. The number of fused-ring (bicyclic) bond motifs is 2. The van der Waals surface area contributed by atoms with Gasteiger partial charge in [-0.05, 0) is 31.2 Å². The van der Waals surface area contributed by atoms with Gasteiger partial charge in [-0.1, -0.05) is 24.3 Å². The van der Waals surface area contributed by atoms with Crippen LogP contribution in [0.5, 0.6) is 0 Å². The average molecular weight is 387 g/mol. The Balaban J connectivity index is 0.00000196. The van der Waals surface area contributed by atoms with Crippen molar-refractivity contribution in [2.24, 2.45) is 10.7 Å². The Morgan fingerprint density at radius 2 is 1.77 bits per heavy atom. The van der Waals surface area contributed by atoms with Gasteiger partial charge in [-0.15, -0.1) is 23.7 Å². The highest BCUT2D eigenvalue weighted by Gasteiger charge is 2.29. The van der Waals surface area contributed by atoms with Crippen molar-refractivity contribution >= 4 is 57.3 Å². The van der Waals surface area contributed by atoms with Gasteiger partial charge in [0.1, 0.15) is 16.5 Å². The Morgan fingerprint density at radius 3 is 2.50 bits per heavy atom. The highest BCUT2D eigenvalue weighted by atomic mass is 35.5. The molecule has 2 heterocycles. The molecule has 2 N–H and O–H groups in total. The number of para-hydroxylation sites is 4. The molecule has 1 aromatic heterocycles. The lowest BCUT2D eigenvalue weighted by Crippen LogP contribution is -2.15. The first kappa shape index (κ1) is 17.9. The van der Waals surface area contributed by atoms with Gasteiger partial charge in [-0.25, -0.2) is 4.99 Å². The number of aryl methyl sites for hydroxylation is 1. The quantitative estimate of drug-likeness (QED) is 0.484. The van der Waals surface area contributed by atoms with Gasteiger partial charge in [-0.2, -0.15) is 0 Å². The molecule has 0 atom stereocenters. The van der Waals surface area contributed by atoms with E-state index in [-0.39, 0.29) is 23.0 Å². The molecule has 0 unspecified atom stereocenters. The molecule has 2 aromatic carbocycles. The summed E-state index contributed by atoms with van der Waals surface area (Å²) >= 11 is 1.54. The number of nitrogens with two attached hydrogens (primary N) is 1. The summed E-state index contributed by atoms with van der Waals surface area (Å²) in [4.78, 5) is 18.7. The molecule has 0 fully saturated rings. The van der Waals surface area contributed by atoms with E-state index in [1.54, 1.807) is 18.2 Å². The van der Waals surface area contributed by atoms with Gasteiger partial charge < -0.3 is 5.73 Å². The standard InChI is InChI=1S/C18H14N4O2S.ClH/c1-11-10-12-17(19)20-13-6-2-3-7-14(13)21(18(12)25-11)15-8-4-5-9-16(15)22(23)24;/h2-10H,1H3,(H2,19,20);1H. The third kappa shape index (κ3) is 2.81. The maximum Gasteiger partial charge on any atom is 0.293 e. The second-order valence-corrected chi connectivity index (χ2v) is 6.88. The molecule has 0 amide bonds. The zero-order valence-electron chi connectivity index (χ0n) is 13.7. The molecule has 0 saturated heterocycles. The van der Waals surface area contributed by atoms with E-state index in [0.717, 1.165) is 21.1 Å². The molecule has 0 aliphatic carbocycles. The second-order valence-electron chi connectivity index (χ2n) is 5.64. The second kappa shape index (κ2) is 6.78. The Kier molecular flexibility index (Phi) is 4.67. The number of nitro groups is 1. The lowest BCUT2D eigenvalue weighted by Gasteiger charge is -2.24. The molecule has 1 aliphatic heterocycles. The van der Waals surface area contributed by atoms with Gasteiger partial charge >= 0.3 is 0 Å². The number of hydrogen-bond donors (Lipinski definition) is 1. The SMILES string of the molecule is Cc1cc2c(s1)N(c1ccccc1[N+](=O)[O-])c1ccccc1N=C2N.Cl. The molecule has 132 valence electrons. The van der Waals surface area contributed by atoms with Crippen molar-refractivity contribution in [2.45, 2.75) is 6.92 Å². The van der Waals surface area contributed by atoms with Gasteiger partial charge in [0.25, 0.3) is 5.69 Å². The molecule has 4 rings (SSSR count). The number of rotatable bonds is 2. The van der Waals surface area contributed by atoms with E-state index in [1.165, 1.54) is 17.4 Å². The summed E-state index contributed by atoms with van der Waals surface area (Å²) in [5.41, 5.74) is 8.97. The largest absolute Gasteiger partial charge is 0.383 e. The highest BCUT2D eigenvalue weighted by molar-refractivity contribution is 7.16. The lowest BCUT2D eigenvalue weighted by molar-refractivity contribution is -0.384. The molecule has 1 aliphatic rings. The van der Waals surface area contributed by atoms with Crippen LogP contribution in [0.2, 0.25) is 0 Å². The van der Waals surface area contributed by atoms with Crippen molar-refractivity contribution in [3.63, 3.8) is 0 Å². The topological polar surface area (TPSA) is 84.8 Å². The van der Waals surface area contributed by atoms with Crippen molar-refractivity contribution < 1.29 is 4.92 Å². The number of amidine groups is 1. The fraction of sp³-hybridized carbons (Fsp3) is 0.0556. The van der Waals surface area contributed by atoms with Crippen LogP contribution in [0.3, 0.4) is 0 Å². The summed E-state index contributed by atoms with van der Waals surface area (Å²) in [6, 6.07) is 16.2. The number of hydrogen-bond acceptors (Lipinski definition) is 6. The zero-order valence-corrected chi connectivity index (χ0v) is 15.4. The van der Waals surface area contributed by atoms with Crippen molar-refractivity contribution in [3.05, 3.63) is 75.2 Å². The van der Waals surface area contributed by atoms with E-state index in [2.05, 4.69) is 4.99 Å². The zero-order chi connectivity index (χ0) is 17.6. The number of aliphatic imine (C=N–C) groups is 1. The monoisotopic (exact) mass is 386 g/mol. The molecule has 3 aromatic rings. The lowest BCUT2D eigenvalue weighted by atomic mass is 10.2. The summed E-state index contributed by atoms with van der Waals surface area (Å²) in [6.07, 6.45) is 0. The summed E-state index contributed by atoms with van der Waals surface area (Å²) in [5.74, 6) is 0.410. The van der Waals surface area contributed by atoms with Gasteiger partial charge in [-0.3, -0.25) is 15.0 Å². The average Bonchev–Trinajstić information content (AvgIpc) is 2.94. The Bertz CT molecular complexity index is 1030. The van der Waals surface area contributed by atoms with Crippen molar-refractivity contribution in [1.82, 2.24) is 0 Å². The minimum absolute atomic E-state index is 0. The minimum atomic E-state index is -0.368. The predicted molar refractivity (Wildman–Crippen MR) is 108 cm³/mol. The van der Waals surface area contributed by atoms with Gasteiger partial charge in [0.15, 0.2) is 0 Å². The molecule has 6 nitrogen and oxygen atoms in total. The first-order chi connectivity index (χ1) is 12.1. The van der Waals surface area contributed by atoms with Gasteiger partial charge in [0.2, 0.25) is 0 Å². The number of halogens is 1. The molecular weight excluding hydrogens is 372 g/mol.